The van der Waals surface area contributed by atoms with E-state index in [1.54, 1.807) is 13.0 Å². The van der Waals surface area contributed by atoms with Gasteiger partial charge in [0.05, 0.1) is 36.7 Å². The van der Waals surface area contributed by atoms with Crippen LogP contribution in [0.1, 0.15) is 37.5 Å². The van der Waals surface area contributed by atoms with E-state index in [9.17, 15) is 19.5 Å². The van der Waals surface area contributed by atoms with E-state index in [0.29, 0.717) is 45.5 Å². The predicted molar refractivity (Wildman–Crippen MR) is 146 cm³/mol. The number of oxazole rings is 1. The lowest BCUT2D eigenvalue weighted by Gasteiger charge is -2.32. The van der Waals surface area contributed by atoms with Crippen LogP contribution in [-0.2, 0) is 26.4 Å². The van der Waals surface area contributed by atoms with Crippen LogP contribution in [0.4, 0.5) is 0 Å². The predicted octanol–water partition coefficient (Wildman–Crippen LogP) is 4.28. The van der Waals surface area contributed by atoms with Crippen molar-refractivity contribution in [3.63, 3.8) is 0 Å². The lowest BCUT2D eigenvalue weighted by molar-refractivity contribution is -0.239. The van der Waals surface area contributed by atoms with Gasteiger partial charge < -0.3 is 23.7 Å². The molecule has 2 atom stereocenters. The number of aliphatic carboxylic acids is 1. The number of nitrogens with zero attached hydrogens (tertiary/aromatic N) is 3. The van der Waals surface area contributed by atoms with Crippen LogP contribution in [0.5, 0.6) is 5.75 Å². The molecule has 1 saturated heterocycles. The summed E-state index contributed by atoms with van der Waals surface area (Å²) in [5.41, 5.74) is -2.12. The Balaban J connectivity index is 1.78. The van der Waals surface area contributed by atoms with E-state index in [0.717, 1.165) is 9.04 Å². The maximum Gasteiger partial charge on any atom is 0.333 e. The van der Waals surface area contributed by atoms with Crippen LogP contribution in [-0.4, -0.2) is 45.2 Å². The first-order valence-corrected chi connectivity index (χ1v) is 13.7. The topological polar surface area (TPSA) is 135 Å². The molecule has 1 aliphatic rings. The number of aromatic nitrogens is 3. The normalized spacial score (nSPS) is 16.3. The van der Waals surface area contributed by atoms with Crippen LogP contribution in [0.15, 0.2) is 49.1 Å². The Bertz CT molecular complexity index is 1670. The molecule has 206 valence electrons. The summed E-state index contributed by atoms with van der Waals surface area (Å²) in [6.07, 6.45) is 2.37. The second kappa shape index (κ2) is 10.4. The zero-order chi connectivity index (χ0) is 28.1. The van der Waals surface area contributed by atoms with Crippen LogP contribution in [0.2, 0.25) is 0 Å². The number of carbonyl (C=O) groups is 1. The average Bonchev–Trinajstić information content (AvgIpc) is 3.50. The van der Waals surface area contributed by atoms with E-state index >= 15 is 0 Å². The van der Waals surface area contributed by atoms with Gasteiger partial charge in [0, 0.05) is 16.5 Å². The molecule has 1 unspecified atom stereocenters. The fraction of sp³-hybridized carbons (Fsp3) is 0.385. The highest BCUT2D eigenvalue weighted by Crippen LogP contribution is 2.38. The highest BCUT2D eigenvalue weighted by Gasteiger charge is 2.36. The van der Waals surface area contributed by atoms with Crippen LogP contribution < -0.4 is 16.0 Å². The van der Waals surface area contributed by atoms with Gasteiger partial charge in [0.1, 0.15) is 28.5 Å². The fourth-order valence-electron chi connectivity index (χ4n) is 4.47. The number of hydrogen-bond donors (Lipinski definition) is 1. The highest BCUT2D eigenvalue weighted by molar-refractivity contribution is 9.10. The summed E-state index contributed by atoms with van der Waals surface area (Å²) in [6, 6.07) is 5.44. The minimum atomic E-state index is -1.83. The van der Waals surface area contributed by atoms with Crippen molar-refractivity contribution in [1.82, 2.24) is 14.1 Å². The standard InChI is InChI=1S/C26H26BrN3O8S/c1-13-19-22(31)30(26(2,3)24(32)33)25(34)29(23(19)39-20(13)21-28-8-10-37-21)12-17(38-18-7-9-36-18)15-6-5-14(27)11-16(15)35-4/h5-6,8,10-11,17-18H,7,9,12H2,1-4H3,(H,32,33)/t17-,18?/m0/s1. The van der Waals surface area contributed by atoms with Gasteiger partial charge in [0.15, 0.2) is 6.29 Å². The van der Waals surface area contributed by atoms with Gasteiger partial charge in [-0.05, 0) is 38.5 Å². The first-order valence-electron chi connectivity index (χ1n) is 12.1. The van der Waals surface area contributed by atoms with Gasteiger partial charge in [0.25, 0.3) is 5.56 Å². The summed E-state index contributed by atoms with van der Waals surface area (Å²) in [5, 5.41) is 10.2. The highest BCUT2D eigenvalue weighted by atomic mass is 79.9. The van der Waals surface area contributed by atoms with Crippen molar-refractivity contribution in [2.45, 2.75) is 51.7 Å². The van der Waals surface area contributed by atoms with Gasteiger partial charge >= 0.3 is 11.7 Å². The Kier molecular flexibility index (Phi) is 7.27. The van der Waals surface area contributed by atoms with Gasteiger partial charge in [0.2, 0.25) is 5.89 Å². The lowest BCUT2D eigenvalue weighted by Crippen LogP contribution is -2.52. The maximum absolute atomic E-state index is 14.0. The number of halogens is 1. The monoisotopic (exact) mass is 619 g/mol. The first kappa shape index (κ1) is 27.3. The van der Waals surface area contributed by atoms with Crippen LogP contribution in [0.25, 0.3) is 21.0 Å². The molecular formula is C26H26BrN3O8S. The molecular weight excluding hydrogens is 594 g/mol. The number of fused-ring (bicyclic) bond motifs is 1. The maximum atomic E-state index is 14.0. The fourth-order valence-corrected chi connectivity index (χ4v) is 6.05. The van der Waals surface area contributed by atoms with E-state index in [1.165, 1.54) is 49.3 Å². The van der Waals surface area contributed by atoms with Crippen molar-refractivity contribution >= 4 is 43.5 Å². The van der Waals surface area contributed by atoms with Gasteiger partial charge in [-0.15, -0.1) is 11.3 Å². The summed E-state index contributed by atoms with van der Waals surface area (Å²) in [7, 11) is 1.54. The summed E-state index contributed by atoms with van der Waals surface area (Å²) < 4.78 is 25.9. The third-order valence-electron chi connectivity index (χ3n) is 6.79. The van der Waals surface area contributed by atoms with Crippen molar-refractivity contribution < 1.29 is 28.5 Å². The molecule has 0 aliphatic carbocycles. The molecule has 13 heteroatoms. The molecule has 0 spiro atoms. The smallest absolute Gasteiger partial charge is 0.333 e. The zero-order valence-electron chi connectivity index (χ0n) is 21.6. The summed E-state index contributed by atoms with van der Waals surface area (Å²) in [6.45, 7) is 4.87. The van der Waals surface area contributed by atoms with E-state index in [2.05, 4.69) is 20.9 Å². The Labute approximate surface area is 234 Å². The average molecular weight is 620 g/mol. The number of aryl methyl sites for hydroxylation is 1. The molecule has 1 N–H and O–H groups in total. The molecule has 5 rings (SSSR count). The molecule has 39 heavy (non-hydrogen) atoms. The summed E-state index contributed by atoms with van der Waals surface area (Å²) in [5.74, 6) is -0.500. The van der Waals surface area contributed by atoms with Gasteiger partial charge in [-0.1, -0.05) is 22.0 Å². The molecule has 0 amide bonds. The molecule has 1 aliphatic heterocycles. The first-order chi connectivity index (χ1) is 18.5. The second-order valence-electron chi connectivity index (χ2n) is 9.57. The Morgan fingerprint density at radius 2 is 2.10 bits per heavy atom. The Morgan fingerprint density at radius 1 is 1.36 bits per heavy atom. The Morgan fingerprint density at radius 3 is 2.69 bits per heavy atom. The van der Waals surface area contributed by atoms with E-state index in [-0.39, 0.29) is 11.9 Å². The van der Waals surface area contributed by atoms with Crippen LogP contribution in [0.3, 0.4) is 0 Å². The van der Waals surface area contributed by atoms with Crippen LogP contribution >= 0.6 is 27.3 Å². The number of ether oxygens (including phenoxy) is 3. The quantitative estimate of drug-likeness (QED) is 0.291. The number of carboxylic acids is 1. The molecule has 0 radical (unpaired) electrons. The molecule has 0 bridgehead atoms. The number of methoxy groups -OCH3 is 1. The summed E-state index contributed by atoms with van der Waals surface area (Å²) in [4.78, 5) is 45.1. The zero-order valence-corrected chi connectivity index (χ0v) is 24.0. The molecule has 4 heterocycles. The molecule has 11 nitrogen and oxygen atoms in total. The summed E-state index contributed by atoms with van der Waals surface area (Å²) >= 11 is 4.62. The van der Waals surface area contributed by atoms with Gasteiger partial charge in [-0.3, -0.25) is 9.36 Å². The minimum absolute atomic E-state index is 0.0475. The molecule has 1 aromatic carbocycles. The lowest BCUT2D eigenvalue weighted by atomic mass is 10.1. The molecule has 4 aromatic rings. The Hall–Kier alpha value is -3.26. The number of thiophene rings is 1. The molecule has 1 fully saturated rings. The van der Waals surface area contributed by atoms with Crippen molar-refractivity contribution in [1.29, 1.82) is 0 Å². The van der Waals surface area contributed by atoms with Crippen molar-refractivity contribution in [2.75, 3.05) is 13.7 Å². The minimum Gasteiger partial charge on any atom is -0.496 e. The van der Waals surface area contributed by atoms with Crippen molar-refractivity contribution in [2.24, 2.45) is 0 Å². The van der Waals surface area contributed by atoms with Gasteiger partial charge in [-0.25, -0.2) is 19.1 Å². The molecule has 0 saturated carbocycles. The third-order valence-corrected chi connectivity index (χ3v) is 8.58. The van der Waals surface area contributed by atoms with Crippen LogP contribution in [0, 0.1) is 6.92 Å². The number of benzene rings is 1. The number of carboxylic acid groups (broad SMARTS) is 1. The third kappa shape index (κ3) is 4.73. The molecule has 3 aromatic heterocycles. The van der Waals surface area contributed by atoms with E-state index < -0.39 is 35.2 Å². The SMILES string of the molecule is COc1cc(Br)ccc1[C@H](Cn1c(=O)n(C(C)(C)C(=O)O)c(=O)c2c(C)c(-c3ncco3)sc21)OC1CCO1. The second-order valence-corrected chi connectivity index (χ2v) is 11.5. The van der Waals surface area contributed by atoms with E-state index in [4.69, 9.17) is 18.6 Å². The number of rotatable bonds is 9. The van der Waals surface area contributed by atoms with E-state index in [1.807, 2.05) is 12.1 Å². The largest absolute Gasteiger partial charge is 0.496 e. The van der Waals surface area contributed by atoms with Crippen molar-refractivity contribution in [3.05, 3.63) is 67.1 Å². The number of hydrogen-bond acceptors (Lipinski definition) is 9. The van der Waals surface area contributed by atoms with Crippen molar-refractivity contribution in [3.8, 4) is 16.5 Å². The van der Waals surface area contributed by atoms with Gasteiger partial charge in [-0.2, -0.15) is 0 Å².